The van der Waals surface area contributed by atoms with Crippen LogP contribution in [0.4, 0.5) is 4.39 Å². The minimum atomic E-state index is -0.891. The van der Waals surface area contributed by atoms with Crippen LogP contribution in [0.3, 0.4) is 0 Å². The maximum Gasteiger partial charge on any atom is 0.307 e. The highest BCUT2D eigenvalue weighted by molar-refractivity contribution is 5.70. The number of carboxylic acid groups (broad SMARTS) is 1. The normalized spacial score (nSPS) is 10.7. The van der Waals surface area contributed by atoms with Crippen molar-refractivity contribution in [2.24, 2.45) is 0 Å². The van der Waals surface area contributed by atoms with Gasteiger partial charge in [-0.05, 0) is 25.5 Å². The quantitative estimate of drug-likeness (QED) is 0.911. The minimum absolute atomic E-state index is 0.0565. The Kier molecular flexibility index (Phi) is 3.59. The summed E-state index contributed by atoms with van der Waals surface area (Å²) < 4.78 is 14.7. The summed E-state index contributed by atoms with van der Waals surface area (Å²) in [5.74, 6) is -1.29. The summed E-state index contributed by atoms with van der Waals surface area (Å²) in [5, 5.41) is 13.1. The molecule has 0 radical (unpaired) electrons. The number of aliphatic carboxylic acids is 1. The first-order valence-electron chi connectivity index (χ1n) is 5.81. The molecule has 0 aromatic carbocycles. The van der Waals surface area contributed by atoms with Gasteiger partial charge in [0.15, 0.2) is 0 Å². The largest absolute Gasteiger partial charge is 0.481 e. The van der Waals surface area contributed by atoms with Crippen molar-refractivity contribution >= 4 is 5.97 Å². The standard InChI is InChI=1S/C13H14FN3O2/c1-8-12(4-13(18)19)9(2)17(16-8)7-10-3-11(14)6-15-5-10/h3,5-6H,4,7H2,1-2H3,(H,18,19). The van der Waals surface area contributed by atoms with Crippen molar-refractivity contribution in [2.75, 3.05) is 0 Å². The zero-order valence-corrected chi connectivity index (χ0v) is 10.7. The Labute approximate surface area is 109 Å². The molecule has 2 heterocycles. The maximum absolute atomic E-state index is 13.1. The van der Waals surface area contributed by atoms with Crippen molar-refractivity contribution in [1.82, 2.24) is 14.8 Å². The van der Waals surface area contributed by atoms with Gasteiger partial charge in [0.05, 0.1) is 24.9 Å². The van der Waals surface area contributed by atoms with E-state index in [9.17, 15) is 9.18 Å². The second-order valence-electron chi connectivity index (χ2n) is 4.39. The smallest absolute Gasteiger partial charge is 0.307 e. The van der Waals surface area contributed by atoms with Gasteiger partial charge in [0.25, 0.3) is 0 Å². The zero-order valence-electron chi connectivity index (χ0n) is 10.7. The average molecular weight is 263 g/mol. The molecule has 0 saturated heterocycles. The van der Waals surface area contributed by atoms with E-state index < -0.39 is 11.8 Å². The van der Waals surface area contributed by atoms with E-state index in [1.54, 1.807) is 17.8 Å². The first-order chi connectivity index (χ1) is 8.97. The number of carbonyl (C=O) groups is 1. The van der Waals surface area contributed by atoms with Gasteiger partial charge in [-0.1, -0.05) is 0 Å². The van der Waals surface area contributed by atoms with Crippen molar-refractivity contribution in [2.45, 2.75) is 26.8 Å². The average Bonchev–Trinajstić information content (AvgIpc) is 2.57. The van der Waals surface area contributed by atoms with E-state index in [0.717, 1.165) is 11.9 Å². The highest BCUT2D eigenvalue weighted by atomic mass is 19.1. The third-order valence-electron chi connectivity index (χ3n) is 2.95. The maximum atomic E-state index is 13.1. The molecule has 0 aliphatic rings. The summed E-state index contributed by atoms with van der Waals surface area (Å²) in [6.07, 6.45) is 2.65. The monoisotopic (exact) mass is 263 g/mol. The Hall–Kier alpha value is -2.24. The fraction of sp³-hybridized carbons (Fsp3) is 0.308. The van der Waals surface area contributed by atoms with Crippen molar-refractivity contribution in [3.8, 4) is 0 Å². The molecule has 0 fully saturated rings. The number of aryl methyl sites for hydroxylation is 1. The van der Waals surface area contributed by atoms with Gasteiger partial charge in [-0.25, -0.2) is 4.39 Å². The Bertz CT molecular complexity index is 622. The molecule has 0 aliphatic heterocycles. The van der Waals surface area contributed by atoms with Crippen LogP contribution in [0.25, 0.3) is 0 Å². The molecule has 100 valence electrons. The summed E-state index contributed by atoms with van der Waals surface area (Å²) in [6.45, 7) is 3.95. The number of carboxylic acids is 1. The first kappa shape index (κ1) is 13.2. The lowest BCUT2D eigenvalue weighted by molar-refractivity contribution is -0.136. The summed E-state index contributed by atoms with van der Waals surface area (Å²) in [6, 6.07) is 1.39. The summed E-state index contributed by atoms with van der Waals surface area (Å²) in [4.78, 5) is 14.6. The van der Waals surface area contributed by atoms with Crippen LogP contribution in [-0.2, 0) is 17.8 Å². The number of hydrogen-bond acceptors (Lipinski definition) is 3. The SMILES string of the molecule is Cc1nn(Cc2cncc(F)c2)c(C)c1CC(=O)O. The molecule has 6 heteroatoms. The van der Waals surface area contributed by atoms with Crippen molar-refractivity contribution in [1.29, 1.82) is 0 Å². The van der Waals surface area contributed by atoms with Gasteiger partial charge in [0.2, 0.25) is 0 Å². The summed E-state index contributed by atoms with van der Waals surface area (Å²) in [7, 11) is 0. The van der Waals surface area contributed by atoms with Crippen molar-refractivity contribution < 1.29 is 14.3 Å². The predicted octanol–water partition coefficient (Wildman–Crippen LogP) is 1.71. The molecular weight excluding hydrogens is 249 g/mol. The molecule has 0 atom stereocenters. The van der Waals surface area contributed by atoms with Crippen LogP contribution in [0, 0.1) is 19.7 Å². The molecule has 0 saturated carbocycles. The Morgan fingerprint density at radius 1 is 1.42 bits per heavy atom. The molecule has 0 spiro atoms. The van der Waals surface area contributed by atoms with E-state index in [-0.39, 0.29) is 6.42 Å². The van der Waals surface area contributed by atoms with E-state index in [2.05, 4.69) is 10.1 Å². The van der Waals surface area contributed by atoms with Crippen LogP contribution >= 0.6 is 0 Å². The molecule has 2 rings (SSSR count). The van der Waals surface area contributed by atoms with Crippen LogP contribution in [0.2, 0.25) is 0 Å². The van der Waals surface area contributed by atoms with E-state index in [4.69, 9.17) is 5.11 Å². The molecule has 5 nitrogen and oxygen atoms in total. The zero-order chi connectivity index (χ0) is 14.0. The summed E-state index contributed by atoms with van der Waals surface area (Å²) in [5.41, 5.74) is 2.86. The lowest BCUT2D eigenvalue weighted by Crippen LogP contribution is -2.06. The van der Waals surface area contributed by atoms with Gasteiger partial charge in [-0.3, -0.25) is 14.5 Å². The van der Waals surface area contributed by atoms with Crippen LogP contribution in [-0.4, -0.2) is 25.8 Å². The fourth-order valence-corrected chi connectivity index (χ4v) is 2.01. The molecule has 0 aliphatic carbocycles. The Balaban J connectivity index is 2.29. The van der Waals surface area contributed by atoms with E-state index in [0.29, 0.717) is 23.4 Å². The molecule has 1 N–H and O–H groups in total. The van der Waals surface area contributed by atoms with Gasteiger partial charge in [0, 0.05) is 17.5 Å². The number of nitrogens with zero attached hydrogens (tertiary/aromatic N) is 3. The lowest BCUT2D eigenvalue weighted by atomic mass is 10.1. The number of hydrogen-bond donors (Lipinski definition) is 1. The third-order valence-corrected chi connectivity index (χ3v) is 2.95. The van der Waals surface area contributed by atoms with Gasteiger partial charge in [-0.15, -0.1) is 0 Å². The predicted molar refractivity (Wildman–Crippen MR) is 66.3 cm³/mol. The van der Waals surface area contributed by atoms with Crippen molar-refractivity contribution in [3.05, 3.63) is 46.8 Å². The van der Waals surface area contributed by atoms with Gasteiger partial charge in [0.1, 0.15) is 5.82 Å². The molecule has 0 unspecified atom stereocenters. The van der Waals surface area contributed by atoms with Gasteiger partial charge < -0.3 is 5.11 Å². The highest BCUT2D eigenvalue weighted by Gasteiger charge is 2.14. The van der Waals surface area contributed by atoms with E-state index in [1.165, 1.54) is 6.07 Å². The van der Waals surface area contributed by atoms with E-state index >= 15 is 0 Å². The van der Waals surface area contributed by atoms with Gasteiger partial charge in [-0.2, -0.15) is 5.10 Å². The summed E-state index contributed by atoms with van der Waals surface area (Å²) >= 11 is 0. The number of halogens is 1. The molecule has 19 heavy (non-hydrogen) atoms. The molecule has 2 aromatic heterocycles. The van der Waals surface area contributed by atoms with Gasteiger partial charge >= 0.3 is 5.97 Å². The second-order valence-corrected chi connectivity index (χ2v) is 4.39. The van der Waals surface area contributed by atoms with Crippen LogP contribution in [0.1, 0.15) is 22.5 Å². The molecular formula is C13H14FN3O2. The number of aromatic nitrogens is 3. The lowest BCUT2D eigenvalue weighted by Gasteiger charge is -2.05. The fourth-order valence-electron chi connectivity index (χ4n) is 2.01. The Morgan fingerprint density at radius 2 is 2.16 bits per heavy atom. The van der Waals surface area contributed by atoms with Crippen LogP contribution in [0.15, 0.2) is 18.5 Å². The van der Waals surface area contributed by atoms with E-state index in [1.807, 2.05) is 6.92 Å². The van der Waals surface area contributed by atoms with Crippen molar-refractivity contribution in [3.63, 3.8) is 0 Å². The third kappa shape index (κ3) is 2.96. The molecule has 0 amide bonds. The number of pyridine rings is 1. The number of rotatable bonds is 4. The van der Waals surface area contributed by atoms with Crippen LogP contribution < -0.4 is 0 Å². The molecule has 0 bridgehead atoms. The molecule has 2 aromatic rings. The topological polar surface area (TPSA) is 68.0 Å². The van der Waals surface area contributed by atoms with Crippen LogP contribution in [0.5, 0.6) is 0 Å². The Morgan fingerprint density at radius 3 is 2.79 bits per heavy atom. The first-order valence-corrected chi connectivity index (χ1v) is 5.81. The minimum Gasteiger partial charge on any atom is -0.481 e. The highest BCUT2D eigenvalue weighted by Crippen LogP contribution is 2.15. The second kappa shape index (κ2) is 5.17.